The molecule has 136 valence electrons. The van der Waals surface area contributed by atoms with Crippen LogP contribution in [0.4, 0.5) is 5.69 Å². The smallest absolute Gasteiger partial charge is 0.269 e. The molecule has 1 aromatic heterocycles. The van der Waals surface area contributed by atoms with Gasteiger partial charge >= 0.3 is 0 Å². The lowest BCUT2D eigenvalue weighted by Gasteiger charge is -1.97. The Morgan fingerprint density at radius 3 is 2.74 bits per heavy atom. The Balaban J connectivity index is 1.55. The Labute approximate surface area is 162 Å². The van der Waals surface area contributed by atoms with Crippen molar-refractivity contribution < 1.29 is 14.2 Å². The minimum atomic E-state index is -0.479. The van der Waals surface area contributed by atoms with Gasteiger partial charge in [-0.3, -0.25) is 14.9 Å². The van der Waals surface area contributed by atoms with Gasteiger partial charge in [0, 0.05) is 28.2 Å². The van der Waals surface area contributed by atoms with E-state index in [1.165, 1.54) is 18.2 Å². The lowest BCUT2D eigenvalue weighted by molar-refractivity contribution is -0.384. The molecule has 0 unspecified atom stereocenters. The number of nitro groups is 1. The summed E-state index contributed by atoms with van der Waals surface area (Å²) in [4.78, 5) is 26.3. The van der Waals surface area contributed by atoms with E-state index in [-0.39, 0.29) is 24.0 Å². The lowest BCUT2D eigenvalue weighted by Crippen LogP contribution is -2.20. The molecule has 27 heavy (non-hydrogen) atoms. The zero-order valence-electron chi connectivity index (χ0n) is 13.8. The summed E-state index contributed by atoms with van der Waals surface area (Å²) in [5.74, 6) is 0.361. The predicted molar refractivity (Wildman–Crippen MR) is 101 cm³/mol. The van der Waals surface area contributed by atoms with Crippen LogP contribution in [0.3, 0.4) is 0 Å². The van der Waals surface area contributed by atoms with Crippen molar-refractivity contribution in [1.29, 1.82) is 0 Å². The van der Waals surface area contributed by atoms with Crippen molar-refractivity contribution in [3.8, 4) is 11.4 Å². The number of benzene rings is 2. The number of non-ortho nitro benzene ring substituents is 1. The summed E-state index contributed by atoms with van der Waals surface area (Å²) >= 11 is 3.38. The molecule has 1 heterocycles. The van der Waals surface area contributed by atoms with Gasteiger partial charge in [0.15, 0.2) is 0 Å². The summed E-state index contributed by atoms with van der Waals surface area (Å²) in [6.07, 6.45) is 2.88. The number of nitro benzene ring substituents is 1. The number of carbonyl (C=O) groups is 1. The van der Waals surface area contributed by atoms with Crippen LogP contribution in [0.25, 0.3) is 17.5 Å². The quantitative estimate of drug-likeness (QED) is 0.363. The van der Waals surface area contributed by atoms with E-state index in [1.54, 1.807) is 18.2 Å². The van der Waals surface area contributed by atoms with Crippen LogP contribution in [-0.2, 0) is 11.3 Å². The van der Waals surface area contributed by atoms with Crippen molar-refractivity contribution >= 4 is 33.6 Å². The maximum Gasteiger partial charge on any atom is 0.269 e. The van der Waals surface area contributed by atoms with Gasteiger partial charge in [0.25, 0.3) is 5.69 Å². The minimum absolute atomic E-state index is 0.00533. The van der Waals surface area contributed by atoms with Gasteiger partial charge < -0.3 is 9.84 Å². The molecule has 0 aliphatic heterocycles. The van der Waals surface area contributed by atoms with Crippen molar-refractivity contribution in [3.05, 3.63) is 80.6 Å². The summed E-state index contributed by atoms with van der Waals surface area (Å²) in [5.41, 5.74) is 1.46. The van der Waals surface area contributed by atoms with Gasteiger partial charge in [0.2, 0.25) is 17.6 Å². The maximum absolute atomic E-state index is 11.9. The highest BCUT2D eigenvalue weighted by atomic mass is 79.9. The molecule has 1 N–H and O–H groups in total. The summed E-state index contributed by atoms with van der Waals surface area (Å²) < 4.78 is 6.03. The number of nitrogens with zero attached hydrogens (tertiary/aromatic N) is 3. The number of nitrogens with one attached hydrogen (secondary N) is 1. The molecular formula is C18H13BrN4O4. The van der Waals surface area contributed by atoms with Gasteiger partial charge in [-0.05, 0) is 35.9 Å². The summed E-state index contributed by atoms with van der Waals surface area (Å²) in [6.45, 7) is 0.0877. The lowest BCUT2D eigenvalue weighted by atomic mass is 10.2. The molecule has 0 bridgehead atoms. The number of aromatic nitrogens is 2. The Kier molecular flexibility index (Phi) is 5.72. The Bertz CT molecular complexity index is 999. The molecule has 0 spiro atoms. The van der Waals surface area contributed by atoms with Crippen LogP contribution in [0, 0.1) is 10.1 Å². The first-order valence-corrected chi connectivity index (χ1v) is 8.59. The Morgan fingerprint density at radius 1 is 1.26 bits per heavy atom. The fourth-order valence-corrected chi connectivity index (χ4v) is 2.57. The Hall–Kier alpha value is -3.33. The number of carbonyl (C=O) groups excluding carboxylic acids is 1. The van der Waals surface area contributed by atoms with Crippen LogP contribution in [0.5, 0.6) is 0 Å². The van der Waals surface area contributed by atoms with Crippen LogP contribution in [0.15, 0.2) is 63.6 Å². The van der Waals surface area contributed by atoms with Gasteiger partial charge in [-0.15, -0.1) is 0 Å². The zero-order chi connectivity index (χ0) is 19.2. The molecule has 0 atom stereocenters. The van der Waals surface area contributed by atoms with E-state index < -0.39 is 4.92 Å². The number of hydrogen-bond acceptors (Lipinski definition) is 6. The number of hydrogen-bond donors (Lipinski definition) is 1. The second-order valence-electron chi connectivity index (χ2n) is 5.42. The van der Waals surface area contributed by atoms with Gasteiger partial charge in [-0.25, -0.2) is 0 Å². The van der Waals surface area contributed by atoms with Crippen molar-refractivity contribution in [2.75, 3.05) is 0 Å². The van der Waals surface area contributed by atoms with Crippen molar-refractivity contribution in [2.45, 2.75) is 6.54 Å². The van der Waals surface area contributed by atoms with Gasteiger partial charge in [0.1, 0.15) is 0 Å². The predicted octanol–water partition coefficient (Wildman–Crippen LogP) is 3.74. The van der Waals surface area contributed by atoms with Crippen LogP contribution in [0.2, 0.25) is 0 Å². The van der Waals surface area contributed by atoms with Crippen LogP contribution < -0.4 is 5.32 Å². The number of halogens is 1. The molecule has 0 saturated carbocycles. The van der Waals surface area contributed by atoms with Crippen molar-refractivity contribution in [2.24, 2.45) is 0 Å². The molecule has 0 saturated heterocycles. The minimum Gasteiger partial charge on any atom is -0.343 e. The zero-order valence-corrected chi connectivity index (χ0v) is 15.4. The van der Waals surface area contributed by atoms with E-state index in [2.05, 4.69) is 31.4 Å². The first-order chi connectivity index (χ1) is 13.0. The van der Waals surface area contributed by atoms with E-state index in [0.717, 1.165) is 10.0 Å². The molecule has 2 aromatic carbocycles. The molecule has 0 fully saturated rings. The molecule has 0 aliphatic rings. The monoisotopic (exact) mass is 428 g/mol. The SMILES string of the molecule is O=C(/C=C/c1ccc([N+](=O)[O-])cc1)NCc1nc(-c2cccc(Br)c2)no1. The molecule has 0 aliphatic carbocycles. The average Bonchev–Trinajstić information content (AvgIpc) is 3.14. The topological polar surface area (TPSA) is 111 Å². The summed E-state index contributed by atoms with van der Waals surface area (Å²) in [7, 11) is 0. The van der Waals surface area contributed by atoms with Gasteiger partial charge in [-0.1, -0.05) is 33.2 Å². The van der Waals surface area contributed by atoms with E-state index in [9.17, 15) is 14.9 Å². The van der Waals surface area contributed by atoms with E-state index in [4.69, 9.17) is 4.52 Å². The fourth-order valence-electron chi connectivity index (χ4n) is 2.17. The molecule has 3 rings (SSSR count). The first-order valence-electron chi connectivity index (χ1n) is 7.80. The normalized spacial score (nSPS) is 10.9. The second-order valence-corrected chi connectivity index (χ2v) is 6.34. The van der Waals surface area contributed by atoms with E-state index >= 15 is 0 Å². The highest BCUT2D eigenvalue weighted by Gasteiger charge is 2.09. The van der Waals surface area contributed by atoms with E-state index in [1.807, 2.05) is 24.3 Å². The van der Waals surface area contributed by atoms with Gasteiger partial charge in [-0.2, -0.15) is 4.98 Å². The molecular weight excluding hydrogens is 416 g/mol. The third kappa shape index (κ3) is 5.08. The molecule has 3 aromatic rings. The Morgan fingerprint density at radius 2 is 2.04 bits per heavy atom. The highest BCUT2D eigenvalue weighted by Crippen LogP contribution is 2.20. The second kappa shape index (κ2) is 8.37. The molecule has 9 heteroatoms. The van der Waals surface area contributed by atoms with Crippen LogP contribution in [0.1, 0.15) is 11.5 Å². The third-order valence-corrected chi connectivity index (χ3v) is 3.99. The summed E-state index contributed by atoms with van der Waals surface area (Å²) in [6, 6.07) is 13.3. The fraction of sp³-hybridized carbons (Fsp3) is 0.0556. The maximum atomic E-state index is 11.9. The van der Waals surface area contributed by atoms with Crippen molar-refractivity contribution in [1.82, 2.24) is 15.5 Å². The first kappa shape index (κ1) is 18.5. The average molecular weight is 429 g/mol. The molecule has 8 nitrogen and oxygen atoms in total. The standard InChI is InChI=1S/C18H13BrN4O4/c19-14-3-1-2-13(10-14)18-21-17(27-22-18)11-20-16(24)9-6-12-4-7-15(8-5-12)23(25)26/h1-10H,11H2,(H,20,24)/b9-6+. The largest absolute Gasteiger partial charge is 0.343 e. The van der Waals surface area contributed by atoms with E-state index in [0.29, 0.717) is 11.4 Å². The van der Waals surface area contributed by atoms with Crippen molar-refractivity contribution in [3.63, 3.8) is 0 Å². The summed E-state index contributed by atoms with van der Waals surface area (Å²) in [5, 5.41) is 17.1. The van der Waals surface area contributed by atoms with Gasteiger partial charge in [0.05, 0.1) is 11.5 Å². The van der Waals surface area contributed by atoms with Crippen LogP contribution in [-0.4, -0.2) is 21.0 Å². The number of amides is 1. The molecule has 1 amide bonds. The molecule has 0 radical (unpaired) electrons. The van der Waals surface area contributed by atoms with Crippen LogP contribution >= 0.6 is 15.9 Å². The highest BCUT2D eigenvalue weighted by molar-refractivity contribution is 9.10. The third-order valence-electron chi connectivity index (χ3n) is 3.50. The number of rotatable bonds is 6.